The lowest BCUT2D eigenvalue weighted by Gasteiger charge is -2.11. The Morgan fingerprint density at radius 1 is 0.309 bits per heavy atom. The predicted octanol–water partition coefficient (Wildman–Crippen LogP) is 13.0. The van der Waals surface area contributed by atoms with E-state index >= 15 is 0 Å². The van der Waals surface area contributed by atoms with Crippen LogP contribution in [0.5, 0.6) is 0 Å². The first-order valence-corrected chi connectivity index (χ1v) is 18.5. The molecular weight excluding hydrogens is 669 g/mol. The summed E-state index contributed by atoms with van der Waals surface area (Å²) >= 11 is 0. The average Bonchev–Trinajstić information content (AvgIpc) is 3.60. The largest absolute Gasteiger partial charge is 0.294 e. The van der Waals surface area contributed by atoms with Crippen molar-refractivity contribution in [3.05, 3.63) is 206 Å². The van der Waals surface area contributed by atoms with Gasteiger partial charge in [0.1, 0.15) is 5.82 Å². The average molecular weight is 703 g/mol. The molecule has 0 saturated heterocycles. The van der Waals surface area contributed by atoms with Crippen LogP contribution in [-0.2, 0) is 0 Å². The third-order valence-corrected chi connectivity index (χ3v) is 10.3. The number of rotatable bonds is 7. The van der Waals surface area contributed by atoms with E-state index in [0.29, 0.717) is 5.82 Å². The Morgan fingerprint density at radius 3 is 1.24 bits per heavy atom. The minimum absolute atomic E-state index is 0.706. The minimum Gasteiger partial charge on any atom is -0.294 e. The summed E-state index contributed by atoms with van der Waals surface area (Å²) in [6.45, 7) is 0. The first kappa shape index (κ1) is 32.2. The topological polar surface area (TPSA) is 43.6 Å². The van der Waals surface area contributed by atoms with Gasteiger partial charge in [-0.25, -0.2) is 15.0 Å². The fourth-order valence-electron chi connectivity index (χ4n) is 7.51. The summed E-state index contributed by atoms with van der Waals surface area (Å²) in [4.78, 5) is 15.0. The van der Waals surface area contributed by atoms with Crippen molar-refractivity contribution in [3.63, 3.8) is 0 Å². The maximum atomic E-state index is 5.03. The number of fused-ring (bicyclic) bond motifs is 3. The standard InChI is InChI=1S/C51H34N4/c1-5-13-35(14-6-1)41-25-27-48-44(31-41)45-32-42(36-15-7-2-8-16-36)26-28-49(45)55(48)50-33-43(29-30-52-50)37-21-23-39(24-22-37)47-34-46(38-17-9-3-10-18-38)53-51(54-47)40-19-11-4-12-20-40/h1-34H. The zero-order valence-corrected chi connectivity index (χ0v) is 29.9. The molecule has 10 rings (SSSR count). The van der Waals surface area contributed by atoms with E-state index in [2.05, 4.69) is 168 Å². The van der Waals surface area contributed by atoms with E-state index in [0.717, 1.165) is 56.1 Å². The van der Waals surface area contributed by atoms with Gasteiger partial charge in [0.05, 0.1) is 22.4 Å². The van der Waals surface area contributed by atoms with E-state index in [-0.39, 0.29) is 0 Å². The van der Waals surface area contributed by atoms with Gasteiger partial charge in [-0.3, -0.25) is 4.57 Å². The van der Waals surface area contributed by atoms with E-state index in [9.17, 15) is 0 Å². The van der Waals surface area contributed by atoms with Gasteiger partial charge < -0.3 is 0 Å². The highest BCUT2D eigenvalue weighted by Crippen LogP contribution is 2.38. The Balaban J connectivity index is 1.06. The molecule has 0 fully saturated rings. The van der Waals surface area contributed by atoms with E-state index in [1.165, 1.54) is 33.0 Å². The van der Waals surface area contributed by atoms with Crippen LogP contribution in [-0.4, -0.2) is 19.5 Å². The highest BCUT2D eigenvalue weighted by Gasteiger charge is 2.17. The normalized spacial score (nSPS) is 11.3. The predicted molar refractivity (Wildman–Crippen MR) is 227 cm³/mol. The summed E-state index contributed by atoms with van der Waals surface area (Å²) < 4.78 is 2.29. The molecule has 258 valence electrons. The first-order valence-electron chi connectivity index (χ1n) is 18.5. The minimum atomic E-state index is 0.706. The van der Waals surface area contributed by atoms with Crippen molar-refractivity contribution in [3.8, 4) is 73.1 Å². The highest BCUT2D eigenvalue weighted by atomic mass is 15.1. The molecule has 3 heterocycles. The number of nitrogens with zero attached hydrogens (tertiary/aromatic N) is 4. The summed E-state index contributed by atoms with van der Waals surface area (Å²) in [6, 6.07) is 70.2. The SMILES string of the molecule is c1ccc(-c2ccc3c(c2)c2cc(-c4ccccc4)ccc2n3-c2cc(-c3ccc(-c4cc(-c5ccccc5)nc(-c5ccccc5)n4)cc3)ccn2)cc1. The summed E-state index contributed by atoms with van der Waals surface area (Å²) in [5.74, 6) is 1.58. The van der Waals surface area contributed by atoms with Crippen LogP contribution in [0.15, 0.2) is 206 Å². The number of aromatic nitrogens is 4. The molecule has 0 spiro atoms. The van der Waals surface area contributed by atoms with Crippen molar-refractivity contribution >= 4 is 21.8 Å². The van der Waals surface area contributed by atoms with Crippen LogP contribution in [0.3, 0.4) is 0 Å². The summed E-state index contributed by atoms with van der Waals surface area (Å²) in [7, 11) is 0. The Bertz CT molecular complexity index is 2780. The van der Waals surface area contributed by atoms with E-state index in [1.807, 2.05) is 42.6 Å². The lowest BCUT2D eigenvalue weighted by atomic mass is 10.0. The van der Waals surface area contributed by atoms with E-state index in [1.54, 1.807) is 0 Å². The van der Waals surface area contributed by atoms with E-state index < -0.39 is 0 Å². The first-order chi connectivity index (χ1) is 27.2. The molecule has 55 heavy (non-hydrogen) atoms. The molecule has 7 aromatic carbocycles. The quantitative estimate of drug-likeness (QED) is 0.166. The molecule has 0 unspecified atom stereocenters. The molecule has 0 bridgehead atoms. The molecule has 10 aromatic rings. The van der Waals surface area contributed by atoms with Gasteiger partial charge in [-0.05, 0) is 75.8 Å². The highest BCUT2D eigenvalue weighted by molar-refractivity contribution is 6.11. The van der Waals surface area contributed by atoms with Gasteiger partial charge in [-0.2, -0.15) is 0 Å². The van der Waals surface area contributed by atoms with Crippen LogP contribution < -0.4 is 0 Å². The van der Waals surface area contributed by atoms with Crippen LogP contribution in [0.2, 0.25) is 0 Å². The van der Waals surface area contributed by atoms with Gasteiger partial charge in [0, 0.05) is 33.7 Å². The van der Waals surface area contributed by atoms with Crippen LogP contribution in [0.4, 0.5) is 0 Å². The summed E-state index contributed by atoms with van der Waals surface area (Å²) in [6.07, 6.45) is 1.91. The fraction of sp³-hybridized carbons (Fsp3) is 0. The molecule has 0 N–H and O–H groups in total. The molecule has 0 saturated carbocycles. The number of hydrogen-bond donors (Lipinski definition) is 0. The third-order valence-electron chi connectivity index (χ3n) is 10.3. The third kappa shape index (κ3) is 6.16. The molecule has 0 aliphatic heterocycles. The Labute approximate surface area is 319 Å². The second-order valence-corrected chi connectivity index (χ2v) is 13.7. The van der Waals surface area contributed by atoms with Crippen LogP contribution >= 0.6 is 0 Å². The number of hydrogen-bond acceptors (Lipinski definition) is 3. The van der Waals surface area contributed by atoms with Gasteiger partial charge in [0.15, 0.2) is 5.82 Å². The molecule has 0 aliphatic rings. The Kier molecular flexibility index (Phi) is 8.12. The lowest BCUT2D eigenvalue weighted by Crippen LogP contribution is -1.98. The van der Waals surface area contributed by atoms with Crippen molar-refractivity contribution in [2.24, 2.45) is 0 Å². The molecule has 0 aliphatic carbocycles. The molecule has 4 heteroatoms. The van der Waals surface area contributed by atoms with Gasteiger partial charge in [-0.15, -0.1) is 0 Å². The molecular formula is C51H34N4. The van der Waals surface area contributed by atoms with Gasteiger partial charge in [0.25, 0.3) is 0 Å². The summed E-state index contributed by atoms with van der Waals surface area (Å²) in [5.41, 5.74) is 14.0. The number of pyridine rings is 1. The Hall–Kier alpha value is -7.43. The molecule has 0 amide bonds. The second-order valence-electron chi connectivity index (χ2n) is 13.7. The van der Waals surface area contributed by atoms with Crippen molar-refractivity contribution in [1.29, 1.82) is 0 Å². The lowest BCUT2D eigenvalue weighted by molar-refractivity contribution is 1.08. The van der Waals surface area contributed by atoms with Crippen LogP contribution in [0, 0.1) is 0 Å². The Morgan fingerprint density at radius 2 is 0.709 bits per heavy atom. The van der Waals surface area contributed by atoms with Crippen molar-refractivity contribution < 1.29 is 0 Å². The molecule has 3 aromatic heterocycles. The van der Waals surface area contributed by atoms with Crippen molar-refractivity contribution in [2.75, 3.05) is 0 Å². The van der Waals surface area contributed by atoms with Crippen molar-refractivity contribution in [1.82, 2.24) is 19.5 Å². The fourth-order valence-corrected chi connectivity index (χ4v) is 7.51. The monoisotopic (exact) mass is 702 g/mol. The molecule has 0 atom stereocenters. The maximum absolute atomic E-state index is 5.03. The van der Waals surface area contributed by atoms with Gasteiger partial charge in [-0.1, -0.05) is 158 Å². The zero-order chi connectivity index (χ0) is 36.6. The smallest absolute Gasteiger partial charge is 0.160 e. The summed E-state index contributed by atoms with van der Waals surface area (Å²) in [5, 5.41) is 2.39. The molecule has 0 radical (unpaired) electrons. The number of benzene rings is 7. The molecule has 4 nitrogen and oxygen atoms in total. The van der Waals surface area contributed by atoms with E-state index in [4.69, 9.17) is 15.0 Å². The van der Waals surface area contributed by atoms with Crippen LogP contribution in [0.1, 0.15) is 0 Å². The second kappa shape index (κ2) is 13.8. The zero-order valence-electron chi connectivity index (χ0n) is 29.9. The van der Waals surface area contributed by atoms with Crippen molar-refractivity contribution in [2.45, 2.75) is 0 Å². The van der Waals surface area contributed by atoms with Gasteiger partial charge in [0.2, 0.25) is 0 Å². The maximum Gasteiger partial charge on any atom is 0.160 e. The van der Waals surface area contributed by atoms with Gasteiger partial charge >= 0.3 is 0 Å². The van der Waals surface area contributed by atoms with Crippen LogP contribution in [0.25, 0.3) is 94.9 Å².